The van der Waals surface area contributed by atoms with E-state index in [1.54, 1.807) is 0 Å². The highest BCUT2D eigenvalue weighted by atomic mass is 16.2. The fraction of sp³-hybridized carbons (Fsp3) is 0.929. The van der Waals surface area contributed by atoms with Crippen LogP contribution in [0.5, 0.6) is 0 Å². The van der Waals surface area contributed by atoms with Gasteiger partial charge >= 0.3 is 0 Å². The van der Waals surface area contributed by atoms with E-state index in [1.165, 1.54) is 0 Å². The molecule has 1 atom stereocenters. The van der Waals surface area contributed by atoms with E-state index in [4.69, 9.17) is 0 Å². The number of hydrogen-bond donors (Lipinski definition) is 1. The molecule has 1 N–H and O–H groups in total. The van der Waals surface area contributed by atoms with Crippen LogP contribution in [0.15, 0.2) is 0 Å². The number of rotatable bonds is 2. The second-order valence-electron chi connectivity index (χ2n) is 7.21. The predicted molar refractivity (Wildman–Crippen MR) is 71.9 cm³/mol. The van der Waals surface area contributed by atoms with Crippen molar-refractivity contribution in [2.75, 3.05) is 13.1 Å². The standard InChI is InChI=1S/C14H28N2O/c1-13(2,3)11-8-7-9-16(11)12(17)10-15-14(4,5)6/h11,15H,7-10H2,1-6H3. The second kappa shape index (κ2) is 4.97. The van der Waals surface area contributed by atoms with Gasteiger partial charge in [0.05, 0.1) is 6.54 Å². The van der Waals surface area contributed by atoms with Gasteiger partial charge in [-0.2, -0.15) is 0 Å². The summed E-state index contributed by atoms with van der Waals surface area (Å²) in [5.74, 6) is 0.248. The third kappa shape index (κ3) is 4.30. The molecule has 0 bridgehead atoms. The number of carbonyl (C=O) groups excluding carboxylic acids is 1. The number of amides is 1. The van der Waals surface area contributed by atoms with E-state index in [2.05, 4.69) is 51.8 Å². The first-order valence-corrected chi connectivity index (χ1v) is 6.66. The quantitative estimate of drug-likeness (QED) is 0.804. The van der Waals surface area contributed by atoms with E-state index in [1.807, 2.05) is 0 Å². The Hall–Kier alpha value is -0.570. The van der Waals surface area contributed by atoms with E-state index in [0.717, 1.165) is 19.4 Å². The summed E-state index contributed by atoms with van der Waals surface area (Å²) in [6, 6.07) is 0.400. The third-order valence-electron chi connectivity index (χ3n) is 3.34. The molecule has 0 aliphatic carbocycles. The summed E-state index contributed by atoms with van der Waals surface area (Å²) < 4.78 is 0. The van der Waals surface area contributed by atoms with Crippen molar-refractivity contribution in [3.63, 3.8) is 0 Å². The van der Waals surface area contributed by atoms with Crippen LogP contribution in [0.1, 0.15) is 54.4 Å². The lowest BCUT2D eigenvalue weighted by molar-refractivity contribution is -0.133. The molecule has 0 aromatic rings. The molecule has 0 spiro atoms. The monoisotopic (exact) mass is 240 g/mol. The van der Waals surface area contributed by atoms with Crippen molar-refractivity contribution >= 4 is 5.91 Å². The van der Waals surface area contributed by atoms with Crippen LogP contribution in [0.2, 0.25) is 0 Å². The molecule has 100 valence electrons. The van der Waals surface area contributed by atoms with Gasteiger partial charge in [-0.05, 0) is 39.0 Å². The molecule has 1 fully saturated rings. The molecule has 1 rings (SSSR count). The number of hydrogen-bond acceptors (Lipinski definition) is 2. The van der Waals surface area contributed by atoms with Crippen molar-refractivity contribution in [1.82, 2.24) is 10.2 Å². The summed E-state index contributed by atoms with van der Waals surface area (Å²) in [5, 5.41) is 3.28. The zero-order chi connectivity index (χ0) is 13.3. The SMILES string of the molecule is CC(C)(C)NCC(=O)N1CCCC1C(C)(C)C. The van der Waals surface area contributed by atoms with Crippen LogP contribution in [0.4, 0.5) is 0 Å². The van der Waals surface area contributed by atoms with E-state index in [0.29, 0.717) is 12.6 Å². The molecule has 0 saturated carbocycles. The number of nitrogens with one attached hydrogen (secondary N) is 1. The average Bonchev–Trinajstić information content (AvgIpc) is 2.60. The zero-order valence-corrected chi connectivity index (χ0v) is 12.3. The van der Waals surface area contributed by atoms with Gasteiger partial charge in [0.15, 0.2) is 0 Å². The Balaban J connectivity index is 2.57. The Labute approximate surface area is 106 Å². The Morgan fingerprint density at radius 1 is 1.24 bits per heavy atom. The smallest absolute Gasteiger partial charge is 0.236 e. The fourth-order valence-electron chi connectivity index (χ4n) is 2.41. The minimum atomic E-state index is 0.00656. The largest absolute Gasteiger partial charge is 0.338 e. The average molecular weight is 240 g/mol. The summed E-state index contributed by atoms with van der Waals surface area (Å²) in [5.41, 5.74) is 0.195. The lowest BCUT2D eigenvalue weighted by Gasteiger charge is -2.35. The van der Waals surface area contributed by atoms with Crippen molar-refractivity contribution < 1.29 is 4.79 Å². The van der Waals surface area contributed by atoms with Gasteiger partial charge in [-0.1, -0.05) is 20.8 Å². The van der Waals surface area contributed by atoms with Gasteiger partial charge in [0.25, 0.3) is 0 Å². The van der Waals surface area contributed by atoms with Gasteiger partial charge in [-0.3, -0.25) is 4.79 Å². The predicted octanol–water partition coefficient (Wildman–Crippen LogP) is 2.41. The van der Waals surface area contributed by atoms with Gasteiger partial charge in [0, 0.05) is 18.1 Å². The molecule has 3 heteroatoms. The van der Waals surface area contributed by atoms with Crippen LogP contribution < -0.4 is 5.32 Å². The van der Waals surface area contributed by atoms with Crippen LogP contribution >= 0.6 is 0 Å². The maximum absolute atomic E-state index is 12.2. The number of carbonyl (C=O) groups is 1. The Kier molecular flexibility index (Phi) is 4.23. The molecule has 3 nitrogen and oxygen atoms in total. The Bertz CT molecular complexity index is 273. The summed E-state index contributed by atoms with van der Waals surface area (Å²) in [6.07, 6.45) is 2.29. The van der Waals surface area contributed by atoms with E-state index in [9.17, 15) is 4.79 Å². The minimum absolute atomic E-state index is 0.00656. The normalized spacial score (nSPS) is 22.0. The van der Waals surface area contributed by atoms with Crippen LogP contribution in [0, 0.1) is 5.41 Å². The van der Waals surface area contributed by atoms with E-state index < -0.39 is 0 Å². The van der Waals surface area contributed by atoms with Gasteiger partial charge in [-0.25, -0.2) is 0 Å². The van der Waals surface area contributed by atoms with E-state index in [-0.39, 0.29) is 16.9 Å². The van der Waals surface area contributed by atoms with E-state index >= 15 is 0 Å². The third-order valence-corrected chi connectivity index (χ3v) is 3.34. The van der Waals surface area contributed by atoms with Crippen LogP contribution in [-0.2, 0) is 4.79 Å². The molecule has 0 aromatic carbocycles. The molecule has 1 unspecified atom stereocenters. The molecule has 1 aliphatic rings. The van der Waals surface area contributed by atoms with Crippen LogP contribution in [0.3, 0.4) is 0 Å². The van der Waals surface area contributed by atoms with Gasteiger partial charge in [-0.15, -0.1) is 0 Å². The minimum Gasteiger partial charge on any atom is -0.338 e. The first-order valence-electron chi connectivity index (χ1n) is 6.66. The maximum atomic E-state index is 12.2. The highest BCUT2D eigenvalue weighted by molar-refractivity contribution is 5.79. The Morgan fingerprint density at radius 2 is 1.82 bits per heavy atom. The first-order chi connectivity index (χ1) is 7.61. The van der Waals surface area contributed by atoms with Crippen molar-refractivity contribution in [2.45, 2.75) is 66.0 Å². The van der Waals surface area contributed by atoms with Crippen molar-refractivity contribution in [1.29, 1.82) is 0 Å². The van der Waals surface area contributed by atoms with Crippen molar-refractivity contribution in [3.05, 3.63) is 0 Å². The summed E-state index contributed by atoms with van der Waals surface area (Å²) >= 11 is 0. The van der Waals surface area contributed by atoms with Gasteiger partial charge < -0.3 is 10.2 Å². The maximum Gasteiger partial charge on any atom is 0.236 e. The van der Waals surface area contributed by atoms with Gasteiger partial charge in [0.2, 0.25) is 5.91 Å². The molecular formula is C14H28N2O. The summed E-state index contributed by atoms with van der Waals surface area (Å²) in [7, 11) is 0. The second-order valence-corrected chi connectivity index (χ2v) is 7.21. The molecule has 1 saturated heterocycles. The summed E-state index contributed by atoms with van der Waals surface area (Å²) in [4.78, 5) is 14.3. The molecule has 1 amide bonds. The highest BCUT2D eigenvalue weighted by Crippen LogP contribution is 2.32. The molecule has 0 radical (unpaired) electrons. The van der Waals surface area contributed by atoms with Crippen LogP contribution in [-0.4, -0.2) is 35.5 Å². The first kappa shape index (κ1) is 14.5. The van der Waals surface area contributed by atoms with Crippen molar-refractivity contribution in [3.8, 4) is 0 Å². The lowest BCUT2D eigenvalue weighted by atomic mass is 9.85. The molecular weight excluding hydrogens is 212 g/mol. The molecule has 1 aliphatic heterocycles. The fourth-order valence-corrected chi connectivity index (χ4v) is 2.41. The highest BCUT2D eigenvalue weighted by Gasteiger charge is 2.36. The molecule has 17 heavy (non-hydrogen) atoms. The molecule has 0 aromatic heterocycles. The lowest BCUT2D eigenvalue weighted by Crippen LogP contribution is -2.49. The van der Waals surface area contributed by atoms with Gasteiger partial charge in [0.1, 0.15) is 0 Å². The van der Waals surface area contributed by atoms with Crippen LogP contribution in [0.25, 0.3) is 0 Å². The zero-order valence-electron chi connectivity index (χ0n) is 12.3. The topological polar surface area (TPSA) is 32.3 Å². The molecule has 1 heterocycles. The summed E-state index contributed by atoms with van der Waals surface area (Å²) in [6.45, 7) is 14.3. The number of likely N-dealkylation sites (tertiary alicyclic amines) is 1. The Morgan fingerprint density at radius 3 is 2.29 bits per heavy atom. The number of nitrogens with zero attached hydrogens (tertiary/aromatic N) is 1. The van der Waals surface area contributed by atoms with Crippen molar-refractivity contribution in [2.24, 2.45) is 5.41 Å².